The summed E-state index contributed by atoms with van der Waals surface area (Å²) in [5.74, 6) is 4.42. The van der Waals surface area contributed by atoms with Crippen LogP contribution in [0.25, 0.3) is 67.6 Å². The molecule has 5 N–H and O–H groups in total. The Labute approximate surface area is 731 Å². The van der Waals surface area contributed by atoms with E-state index in [4.69, 9.17) is 16.9 Å². The van der Waals surface area contributed by atoms with E-state index in [9.17, 15) is 44.4 Å². The molecule has 3 aliphatic heterocycles. The molecule has 0 unspecified atom stereocenters. The van der Waals surface area contributed by atoms with Crippen LogP contribution in [0.2, 0.25) is 5.02 Å². The maximum absolute atomic E-state index is 12.1. The van der Waals surface area contributed by atoms with Crippen molar-refractivity contribution in [2.45, 2.75) is 97.8 Å². The predicted octanol–water partition coefficient (Wildman–Crippen LogP) is 14.0. The highest BCUT2D eigenvalue weighted by Gasteiger charge is 2.34. The second kappa shape index (κ2) is 36.7. The third-order valence-corrected chi connectivity index (χ3v) is 28.8. The molecule has 31 heteroatoms. The lowest BCUT2D eigenvalue weighted by atomic mass is 10.1. The number of carbonyl (C=O) groups excluding carboxylic acids is 4. The van der Waals surface area contributed by atoms with Gasteiger partial charge in [-0.25, -0.2) is 45.2 Å². The molecule has 11 heterocycles. The molecule has 20 rings (SSSR count). The Morgan fingerprint density at radius 3 is 1.26 bits per heavy atom. The number of carbonyl (C=O) groups is 4. The number of rotatable bonds is 22. The Morgan fingerprint density at radius 2 is 0.800 bits per heavy atom. The summed E-state index contributed by atoms with van der Waals surface area (Å²) < 4.78 is 77.7. The number of nitriles is 1. The van der Waals surface area contributed by atoms with Gasteiger partial charge in [-0.1, -0.05) is 139 Å². The normalized spacial score (nSPS) is 17.4. The molecule has 8 aromatic heterocycles. The lowest BCUT2D eigenvalue weighted by molar-refractivity contribution is -0.118. The van der Waals surface area contributed by atoms with Gasteiger partial charge < -0.3 is 26.6 Å². The Morgan fingerprint density at radius 1 is 0.408 bits per heavy atom. The number of aromatic nitrogens is 8. The number of nitrogens with one attached hydrogen (secondary N) is 5. The first kappa shape index (κ1) is 85.2. The third-order valence-electron chi connectivity index (χ3n) is 23.7. The average molecular weight is 1760 g/mol. The Kier molecular flexibility index (Phi) is 25.0. The molecule has 0 radical (unpaired) electrons. The number of anilines is 5. The quantitative estimate of drug-likeness (QED) is 0.0421. The van der Waals surface area contributed by atoms with Gasteiger partial charge >= 0.3 is 0 Å². The average Bonchev–Trinajstić information content (AvgIpc) is 1.66. The van der Waals surface area contributed by atoms with E-state index in [-0.39, 0.29) is 81.8 Å². The first-order chi connectivity index (χ1) is 60.3. The SMILES string of the molecule is Cc1cc(-c2ccc(CN3CCS(=O)(=O)CC3)cc2)n2cc(NC(=O)C3CC3)nc2c1.Cc1ccc(-c2ccc(CN3CCS(=O)(=O)CC3)cc2)n2cc(NC(=O)C3CC3)nc12.N#CCc1ccccc1NCc1ccc(-c2cccc3nc(NC(=O)C4CC4)cn23)cc1.O=C(Nc1cn2c(-c3ccc(CN4CCS(=O)(=O)CC4)cc3)c(Cl)ccc2n1)C1CC1. The van der Waals surface area contributed by atoms with E-state index in [1.807, 2.05) is 141 Å². The molecule has 125 heavy (non-hydrogen) atoms. The molecular formula is C94H98ClN17O10S3. The molecule has 4 saturated carbocycles. The van der Waals surface area contributed by atoms with Crippen LogP contribution in [0.1, 0.15) is 90.3 Å². The van der Waals surface area contributed by atoms with Crippen molar-refractivity contribution in [1.29, 1.82) is 5.26 Å². The summed E-state index contributed by atoms with van der Waals surface area (Å²) in [5.41, 5.74) is 19.9. The largest absolute Gasteiger partial charge is 0.381 e. The minimum atomic E-state index is -2.87. The Hall–Kier alpha value is -12.0. The van der Waals surface area contributed by atoms with E-state index < -0.39 is 29.5 Å². The molecule has 7 aliphatic rings. The number of nitrogens with zero attached hydrogens (tertiary/aromatic N) is 12. The van der Waals surface area contributed by atoms with E-state index >= 15 is 0 Å². The molecule has 4 aliphatic carbocycles. The topological polar surface area (TPSA) is 334 Å². The maximum atomic E-state index is 12.1. The number of aryl methyl sites for hydroxylation is 2. The molecule has 4 amide bonds. The van der Waals surface area contributed by atoms with Gasteiger partial charge in [0.2, 0.25) is 23.6 Å². The molecular weight excluding hydrogens is 1660 g/mol. The van der Waals surface area contributed by atoms with E-state index in [1.54, 1.807) is 6.20 Å². The van der Waals surface area contributed by atoms with Gasteiger partial charge in [-0.15, -0.1) is 0 Å². The van der Waals surface area contributed by atoms with Gasteiger partial charge in [0.05, 0.1) is 99.6 Å². The van der Waals surface area contributed by atoms with Crippen LogP contribution in [-0.4, -0.2) is 175 Å². The Balaban J connectivity index is 0.000000118. The van der Waals surface area contributed by atoms with Crippen LogP contribution in [0.4, 0.5) is 29.0 Å². The highest BCUT2D eigenvalue weighted by atomic mass is 35.5. The summed E-state index contributed by atoms with van der Waals surface area (Å²) in [6, 6.07) is 61.2. The maximum Gasteiger partial charge on any atom is 0.228 e. The zero-order valence-corrected chi connectivity index (χ0v) is 72.8. The number of hydrogen-bond donors (Lipinski definition) is 5. The minimum absolute atomic E-state index is 0.0194. The van der Waals surface area contributed by atoms with Gasteiger partial charge in [-0.05, 0) is 169 Å². The van der Waals surface area contributed by atoms with E-state index in [0.717, 1.165) is 178 Å². The highest BCUT2D eigenvalue weighted by molar-refractivity contribution is 7.92. The smallest absolute Gasteiger partial charge is 0.228 e. The van der Waals surface area contributed by atoms with Crippen molar-refractivity contribution in [2.24, 2.45) is 23.7 Å². The van der Waals surface area contributed by atoms with Crippen LogP contribution in [0, 0.1) is 48.9 Å². The van der Waals surface area contributed by atoms with Crippen molar-refractivity contribution < 1.29 is 44.4 Å². The fourth-order valence-electron chi connectivity index (χ4n) is 15.7. The van der Waals surface area contributed by atoms with Crippen LogP contribution in [-0.2, 0) is 81.3 Å². The van der Waals surface area contributed by atoms with Crippen LogP contribution in [0.15, 0.2) is 201 Å². The van der Waals surface area contributed by atoms with Crippen LogP contribution >= 0.6 is 11.6 Å². The summed E-state index contributed by atoms with van der Waals surface area (Å²) in [6.45, 7) is 10.5. The number of benzene rings is 5. The van der Waals surface area contributed by atoms with Gasteiger partial charge in [0.25, 0.3) is 0 Å². The second-order valence-electron chi connectivity index (χ2n) is 33.6. The first-order valence-corrected chi connectivity index (χ1v) is 48.4. The number of sulfone groups is 3. The van der Waals surface area contributed by atoms with Crippen molar-refractivity contribution in [3.63, 3.8) is 0 Å². The van der Waals surface area contributed by atoms with Crippen molar-refractivity contribution in [1.82, 2.24) is 52.2 Å². The van der Waals surface area contributed by atoms with E-state index in [2.05, 4.69) is 152 Å². The van der Waals surface area contributed by atoms with Gasteiger partial charge in [0.1, 0.15) is 22.6 Å². The molecule has 7 fully saturated rings. The van der Waals surface area contributed by atoms with Gasteiger partial charge in [-0.2, -0.15) is 5.26 Å². The molecule has 644 valence electrons. The summed E-state index contributed by atoms with van der Waals surface area (Å²) in [5, 5.41) is 24.7. The molecule has 5 aromatic carbocycles. The predicted molar refractivity (Wildman–Crippen MR) is 487 cm³/mol. The second-order valence-corrected chi connectivity index (χ2v) is 40.9. The number of imidazole rings is 4. The summed E-state index contributed by atoms with van der Waals surface area (Å²) >= 11 is 6.53. The lowest BCUT2D eigenvalue weighted by Gasteiger charge is -2.26. The molecule has 13 aromatic rings. The summed E-state index contributed by atoms with van der Waals surface area (Å²) in [4.78, 5) is 73.2. The highest BCUT2D eigenvalue weighted by Crippen LogP contribution is 2.37. The monoisotopic (exact) mass is 1760 g/mol. The number of para-hydroxylation sites is 1. The van der Waals surface area contributed by atoms with Gasteiger partial charge in [0.15, 0.2) is 52.8 Å². The fourth-order valence-corrected chi connectivity index (χ4v) is 19.8. The van der Waals surface area contributed by atoms with E-state index in [1.165, 1.54) is 0 Å². The first-order valence-electron chi connectivity index (χ1n) is 42.6. The van der Waals surface area contributed by atoms with Crippen LogP contribution in [0.3, 0.4) is 0 Å². The van der Waals surface area contributed by atoms with Gasteiger partial charge in [-0.3, -0.25) is 51.5 Å². The lowest BCUT2D eigenvalue weighted by Crippen LogP contribution is -2.39. The number of amides is 4. The van der Waals surface area contributed by atoms with Crippen molar-refractivity contribution >= 4 is 116 Å². The molecule has 27 nitrogen and oxygen atoms in total. The molecule has 0 bridgehead atoms. The molecule has 0 atom stereocenters. The third kappa shape index (κ3) is 21.5. The zero-order valence-electron chi connectivity index (χ0n) is 69.6. The van der Waals surface area contributed by atoms with Crippen molar-refractivity contribution in [3.8, 4) is 51.1 Å². The molecule has 0 spiro atoms. The van der Waals surface area contributed by atoms with Gasteiger partial charge in [0, 0.05) is 100 Å². The summed E-state index contributed by atoms with van der Waals surface area (Å²) in [6.07, 6.45) is 15.5. The number of pyridine rings is 4. The minimum Gasteiger partial charge on any atom is -0.381 e. The zero-order chi connectivity index (χ0) is 86.7. The van der Waals surface area contributed by atoms with Crippen LogP contribution in [0.5, 0.6) is 0 Å². The number of hydrogen-bond acceptors (Lipinski definition) is 19. The molecule has 3 saturated heterocycles. The standard InChI is InChI=1S/C26H23N5O.2C23H26N4O3S.C22H23ClN4O3S/c27-15-14-19-4-1-2-5-22(19)28-16-18-8-10-20(11-9-18)23-6-3-7-25-29-24(17-31(23)25)30-26(32)21-12-13-21;1-16-2-9-20(27-15-21(24-22(16)27)25-23(28)19-7-8-19)18-5-3-17(4-6-18)14-26-10-12-31(29,30)13-11-26;1-16-12-20(27-15-21(24-22(27)13-16)25-23(28)19-6-7-19)18-4-2-17(3-5-18)14-26-8-10-31(29,30)11-9-26;23-18-7-8-20-24-19(25-22(28)17-5-6-17)14-27(20)21(18)16-3-1-15(2-4-16)13-26-9-11-31(29,30)12-10-26/h1-11,17,21,28H,12-14,16H2,(H,30,32);2-6,9,15,19H,7-8,10-14H2,1H3,(H,25,28);2-5,12-13,15,19H,6-11,14H2,1H3,(H,25,28);1-4,7-8,14,17H,5-6,9-13H2,(H,25,28). The van der Waals surface area contributed by atoms with Crippen LogP contribution < -0.4 is 26.6 Å². The number of halogens is 1. The van der Waals surface area contributed by atoms with Crippen molar-refractivity contribution in [2.75, 3.05) is 100 Å². The van der Waals surface area contributed by atoms with E-state index in [0.29, 0.717) is 86.2 Å². The van der Waals surface area contributed by atoms with Crippen molar-refractivity contribution in [3.05, 3.63) is 245 Å². The Bertz CT molecular complexity index is 6590. The fraction of sp³-hybridized carbons (Fsp3) is 0.330. The summed E-state index contributed by atoms with van der Waals surface area (Å²) in [7, 11) is -8.59. The number of fused-ring (bicyclic) bond motifs is 4.